The lowest BCUT2D eigenvalue weighted by Gasteiger charge is -2.36. The Hall–Kier alpha value is -3.93. The maximum Gasteiger partial charge on any atom is 0.255 e. The van der Waals surface area contributed by atoms with Crippen LogP contribution in [0.3, 0.4) is 0 Å². The number of anilines is 1. The van der Waals surface area contributed by atoms with E-state index in [0.29, 0.717) is 29.8 Å². The maximum absolute atomic E-state index is 13.6. The first-order valence-corrected chi connectivity index (χ1v) is 12.1. The molecule has 0 unspecified atom stereocenters. The van der Waals surface area contributed by atoms with Crippen LogP contribution in [-0.2, 0) is 16.0 Å². The van der Waals surface area contributed by atoms with Crippen molar-refractivity contribution in [3.05, 3.63) is 106 Å². The van der Waals surface area contributed by atoms with Crippen LogP contribution in [0.25, 0.3) is 0 Å². The number of ketones is 1. The van der Waals surface area contributed by atoms with Gasteiger partial charge in [0.05, 0.1) is 6.26 Å². The van der Waals surface area contributed by atoms with Crippen LogP contribution >= 0.6 is 0 Å². The van der Waals surface area contributed by atoms with Gasteiger partial charge in [0, 0.05) is 46.5 Å². The molecule has 6 heteroatoms. The number of pyridine rings is 1. The van der Waals surface area contributed by atoms with E-state index in [2.05, 4.69) is 34.7 Å². The molecule has 1 aromatic carbocycles. The Bertz CT molecular complexity index is 1330. The van der Waals surface area contributed by atoms with Gasteiger partial charge in [-0.15, -0.1) is 0 Å². The summed E-state index contributed by atoms with van der Waals surface area (Å²) < 4.78 is 5.61. The Morgan fingerprint density at radius 3 is 2.57 bits per heavy atom. The monoisotopic (exact) mass is 467 g/mol. The molecular formula is C29H29N3O3. The molecule has 0 saturated carbocycles. The topological polar surface area (TPSA) is 84.2 Å². The summed E-state index contributed by atoms with van der Waals surface area (Å²) in [7, 11) is 0. The molecule has 1 aliphatic heterocycles. The zero-order valence-corrected chi connectivity index (χ0v) is 20.2. The van der Waals surface area contributed by atoms with Gasteiger partial charge in [0.15, 0.2) is 5.78 Å². The molecule has 0 saturated heterocycles. The van der Waals surface area contributed by atoms with Gasteiger partial charge in [-0.2, -0.15) is 0 Å². The first-order valence-electron chi connectivity index (χ1n) is 12.1. The number of aromatic nitrogens is 1. The molecule has 5 rings (SSSR count). The van der Waals surface area contributed by atoms with Crippen LogP contribution in [0.1, 0.15) is 61.1 Å². The van der Waals surface area contributed by atoms with Gasteiger partial charge >= 0.3 is 0 Å². The van der Waals surface area contributed by atoms with E-state index in [0.717, 1.165) is 34.8 Å². The number of rotatable bonds is 5. The molecule has 3 heterocycles. The van der Waals surface area contributed by atoms with Gasteiger partial charge in [0.1, 0.15) is 11.6 Å². The van der Waals surface area contributed by atoms with Gasteiger partial charge in [-0.1, -0.05) is 37.3 Å². The quantitative estimate of drug-likeness (QED) is 0.514. The zero-order chi connectivity index (χ0) is 24.5. The summed E-state index contributed by atoms with van der Waals surface area (Å²) in [6.07, 6.45) is 3.57. The summed E-state index contributed by atoms with van der Waals surface area (Å²) in [5, 5.41) is 6.36. The molecule has 2 N–H and O–H groups in total. The van der Waals surface area contributed by atoms with Crippen LogP contribution in [-0.4, -0.2) is 16.7 Å². The van der Waals surface area contributed by atoms with Crippen LogP contribution in [0.5, 0.6) is 0 Å². The standard InChI is InChI=1S/C29H29N3O3/c1-4-19-10-12-20(13-11-19)27-26(29(34)32-25-9-5-7-17(2)30-25)18(3)31-22-15-21(16-23(33)28(22)27)24-8-6-14-35-24/h5-14,21,27,31H,4,15-16H2,1-3H3,(H,30,32,34)/t21-,27-/m1/s1. The third-order valence-corrected chi connectivity index (χ3v) is 6.87. The second-order valence-corrected chi connectivity index (χ2v) is 9.25. The highest BCUT2D eigenvalue weighted by Crippen LogP contribution is 2.45. The van der Waals surface area contributed by atoms with E-state index in [9.17, 15) is 9.59 Å². The van der Waals surface area contributed by atoms with E-state index in [1.165, 1.54) is 5.56 Å². The van der Waals surface area contributed by atoms with Crippen molar-refractivity contribution in [1.82, 2.24) is 10.3 Å². The molecule has 2 aromatic heterocycles. The molecule has 0 fully saturated rings. The molecule has 2 atom stereocenters. The molecule has 0 radical (unpaired) electrons. The van der Waals surface area contributed by atoms with E-state index in [1.807, 2.05) is 50.2 Å². The molecule has 3 aromatic rings. The summed E-state index contributed by atoms with van der Waals surface area (Å²) in [5.74, 6) is 0.606. The number of carbonyl (C=O) groups is 2. The van der Waals surface area contributed by atoms with Crippen molar-refractivity contribution >= 4 is 17.5 Å². The average Bonchev–Trinajstić information content (AvgIpc) is 3.38. The highest BCUT2D eigenvalue weighted by molar-refractivity contribution is 6.09. The van der Waals surface area contributed by atoms with Crippen molar-refractivity contribution in [2.75, 3.05) is 5.32 Å². The number of hydrogen-bond acceptors (Lipinski definition) is 5. The fraction of sp³-hybridized carbons (Fsp3) is 0.276. The van der Waals surface area contributed by atoms with Crippen molar-refractivity contribution in [2.24, 2.45) is 0 Å². The van der Waals surface area contributed by atoms with Crippen LogP contribution in [0.4, 0.5) is 5.82 Å². The second kappa shape index (κ2) is 9.37. The molecule has 1 aliphatic carbocycles. The Kier molecular flexibility index (Phi) is 6.12. The number of Topliss-reactive ketones (excluding diaryl/α,β-unsaturated/α-hetero) is 1. The first kappa shape index (κ1) is 22.8. The van der Waals surface area contributed by atoms with Gasteiger partial charge in [-0.3, -0.25) is 9.59 Å². The van der Waals surface area contributed by atoms with Crippen LogP contribution in [0.2, 0.25) is 0 Å². The summed E-state index contributed by atoms with van der Waals surface area (Å²) in [4.78, 5) is 31.7. The number of dihydropyridines is 1. The molecule has 0 bridgehead atoms. The predicted molar refractivity (Wildman–Crippen MR) is 135 cm³/mol. The van der Waals surface area contributed by atoms with Crippen molar-refractivity contribution in [1.29, 1.82) is 0 Å². The van der Waals surface area contributed by atoms with Crippen LogP contribution in [0, 0.1) is 6.92 Å². The average molecular weight is 468 g/mol. The molecule has 2 aliphatic rings. The Morgan fingerprint density at radius 1 is 1.09 bits per heavy atom. The van der Waals surface area contributed by atoms with Crippen molar-refractivity contribution < 1.29 is 14.0 Å². The number of aryl methyl sites for hydroxylation is 2. The lowest BCUT2D eigenvalue weighted by molar-refractivity contribution is -0.116. The van der Waals surface area contributed by atoms with E-state index >= 15 is 0 Å². The van der Waals surface area contributed by atoms with Crippen molar-refractivity contribution in [2.45, 2.75) is 51.9 Å². The fourth-order valence-corrected chi connectivity index (χ4v) is 5.14. The summed E-state index contributed by atoms with van der Waals surface area (Å²) >= 11 is 0. The van der Waals surface area contributed by atoms with Gasteiger partial charge < -0.3 is 15.1 Å². The number of furan rings is 1. The number of benzene rings is 1. The Balaban J connectivity index is 1.56. The number of amides is 1. The number of allylic oxidation sites excluding steroid dienone is 3. The van der Waals surface area contributed by atoms with E-state index in [4.69, 9.17) is 4.42 Å². The fourth-order valence-electron chi connectivity index (χ4n) is 5.14. The number of hydrogen-bond donors (Lipinski definition) is 2. The molecule has 1 amide bonds. The van der Waals surface area contributed by atoms with Gasteiger partial charge in [0.2, 0.25) is 0 Å². The number of carbonyl (C=O) groups excluding carboxylic acids is 2. The van der Waals surface area contributed by atoms with Crippen LogP contribution in [0.15, 0.2) is 87.8 Å². The van der Waals surface area contributed by atoms with Gasteiger partial charge in [-0.05, 0) is 62.1 Å². The molecular weight excluding hydrogens is 438 g/mol. The lowest BCUT2D eigenvalue weighted by Crippen LogP contribution is -2.37. The minimum atomic E-state index is -0.452. The zero-order valence-electron chi connectivity index (χ0n) is 20.2. The van der Waals surface area contributed by atoms with E-state index < -0.39 is 5.92 Å². The molecule has 0 spiro atoms. The van der Waals surface area contributed by atoms with Gasteiger partial charge in [-0.25, -0.2) is 4.98 Å². The summed E-state index contributed by atoms with van der Waals surface area (Å²) in [5.41, 5.74) is 5.79. The summed E-state index contributed by atoms with van der Waals surface area (Å²) in [6, 6.07) is 17.5. The highest BCUT2D eigenvalue weighted by atomic mass is 16.3. The Labute approximate surface area is 205 Å². The summed E-state index contributed by atoms with van der Waals surface area (Å²) in [6.45, 7) is 5.89. The number of nitrogens with one attached hydrogen (secondary N) is 2. The van der Waals surface area contributed by atoms with Crippen molar-refractivity contribution in [3.63, 3.8) is 0 Å². The third-order valence-electron chi connectivity index (χ3n) is 6.87. The van der Waals surface area contributed by atoms with E-state index in [-0.39, 0.29) is 17.6 Å². The third kappa shape index (κ3) is 4.44. The molecule has 178 valence electrons. The lowest BCUT2D eigenvalue weighted by atomic mass is 9.72. The normalized spacial score (nSPS) is 19.9. The SMILES string of the molecule is CCc1ccc([C@@H]2C(C(=O)Nc3cccc(C)n3)=C(C)NC3=C2C(=O)C[C@H](c2ccco2)C3)cc1. The molecule has 6 nitrogen and oxygen atoms in total. The predicted octanol–water partition coefficient (Wildman–Crippen LogP) is 5.55. The maximum atomic E-state index is 13.6. The van der Waals surface area contributed by atoms with Crippen molar-refractivity contribution in [3.8, 4) is 0 Å². The molecule has 35 heavy (non-hydrogen) atoms. The Morgan fingerprint density at radius 2 is 1.89 bits per heavy atom. The van der Waals surface area contributed by atoms with Gasteiger partial charge in [0.25, 0.3) is 5.91 Å². The first-order chi connectivity index (χ1) is 16.9. The van der Waals surface area contributed by atoms with E-state index in [1.54, 1.807) is 12.3 Å². The largest absolute Gasteiger partial charge is 0.469 e. The highest BCUT2D eigenvalue weighted by Gasteiger charge is 2.41. The smallest absolute Gasteiger partial charge is 0.255 e. The second-order valence-electron chi connectivity index (χ2n) is 9.25. The minimum Gasteiger partial charge on any atom is -0.469 e. The minimum absolute atomic E-state index is 0.0217. The number of nitrogens with zero attached hydrogens (tertiary/aromatic N) is 1. The van der Waals surface area contributed by atoms with Crippen LogP contribution < -0.4 is 10.6 Å².